The van der Waals surface area contributed by atoms with E-state index < -0.39 is 41.1 Å². The van der Waals surface area contributed by atoms with Crippen LogP contribution < -0.4 is 21.3 Å². The Labute approximate surface area is 201 Å². The molecule has 0 aromatic heterocycles. The summed E-state index contributed by atoms with van der Waals surface area (Å²) in [7, 11) is 0. The van der Waals surface area contributed by atoms with Gasteiger partial charge in [-0.1, -0.05) is 36.7 Å². The average Bonchev–Trinajstić information content (AvgIpc) is 3.40. The van der Waals surface area contributed by atoms with Gasteiger partial charge < -0.3 is 11.1 Å². The summed E-state index contributed by atoms with van der Waals surface area (Å²) in [5, 5.41) is 6.67. The number of aryl methyl sites for hydroxylation is 1. The lowest BCUT2D eigenvalue weighted by Crippen LogP contribution is -2.53. The van der Waals surface area contributed by atoms with Crippen LogP contribution in [0.15, 0.2) is 36.4 Å². The molecule has 4 atom stereocenters. The first-order chi connectivity index (χ1) is 16.2. The van der Waals surface area contributed by atoms with Crippen LogP contribution in [0, 0.1) is 18.8 Å². The van der Waals surface area contributed by atoms with Gasteiger partial charge in [0.15, 0.2) is 0 Å². The highest BCUT2D eigenvalue weighted by atomic mass is 35.5. The number of nitrogens with one attached hydrogen (secondary N) is 2. The third-order valence-electron chi connectivity index (χ3n) is 7.39. The minimum atomic E-state index is -1.44. The van der Waals surface area contributed by atoms with Crippen LogP contribution in [0.5, 0.6) is 0 Å². The van der Waals surface area contributed by atoms with Crippen molar-refractivity contribution in [3.8, 4) is 0 Å². The molecule has 3 aliphatic rings. The van der Waals surface area contributed by atoms with Crippen LogP contribution >= 0.6 is 11.6 Å². The molecule has 4 amide bonds. The van der Waals surface area contributed by atoms with Crippen molar-refractivity contribution in [2.75, 3.05) is 10.2 Å². The maximum Gasteiger partial charge on any atom is 0.250 e. The molecule has 2 fully saturated rings. The summed E-state index contributed by atoms with van der Waals surface area (Å²) < 4.78 is 0. The number of rotatable bonds is 5. The van der Waals surface area contributed by atoms with Gasteiger partial charge in [0.2, 0.25) is 23.6 Å². The van der Waals surface area contributed by atoms with Gasteiger partial charge in [-0.25, -0.2) is 4.90 Å². The highest BCUT2D eigenvalue weighted by Crippen LogP contribution is 2.55. The number of imide groups is 1. The Kier molecular flexibility index (Phi) is 5.26. The molecule has 5 rings (SSSR count). The highest BCUT2D eigenvalue weighted by molar-refractivity contribution is 6.32. The molecule has 9 heteroatoms. The second-order valence-electron chi connectivity index (χ2n) is 9.15. The van der Waals surface area contributed by atoms with Crippen LogP contribution in [0.3, 0.4) is 0 Å². The summed E-state index contributed by atoms with van der Waals surface area (Å²) in [5.74, 6) is -3.53. The number of benzene rings is 2. The molecule has 4 N–H and O–H groups in total. The zero-order valence-electron chi connectivity index (χ0n) is 18.9. The molecule has 0 bridgehead atoms. The normalized spacial score (nSPS) is 27.3. The minimum absolute atomic E-state index is 0.0256. The van der Waals surface area contributed by atoms with Crippen molar-refractivity contribution in [3.63, 3.8) is 0 Å². The van der Waals surface area contributed by atoms with Crippen molar-refractivity contribution in [1.82, 2.24) is 5.32 Å². The molecule has 2 aromatic rings. The Hall–Kier alpha value is -3.23. The zero-order chi connectivity index (χ0) is 24.4. The Morgan fingerprint density at radius 3 is 2.47 bits per heavy atom. The third kappa shape index (κ3) is 3.02. The number of fused-ring (bicyclic) bond motifs is 4. The number of halogens is 1. The van der Waals surface area contributed by atoms with E-state index >= 15 is 0 Å². The van der Waals surface area contributed by atoms with Crippen molar-refractivity contribution in [3.05, 3.63) is 58.1 Å². The first-order valence-electron chi connectivity index (χ1n) is 11.3. The summed E-state index contributed by atoms with van der Waals surface area (Å²) >= 11 is 6.29. The van der Waals surface area contributed by atoms with Crippen molar-refractivity contribution in [2.45, 2.75) is 44.7 Å². The number of primary amides is 1. The molecule has 2 aromatic carbocycles. The van der Waals surface area contributed by atoms with Gasteiger partial charge in [-0.3, -0.25) is 24.5 Å². The maximum absolute atomic E-state index is 13.9. The third-order valence-corrected chi connectivity index (χ3v) is 7.80. The van der Waals surface area contributed by atoms with Crippen LogP contribution in [-0.2, 0) is 31.1 Å². The Balaban J connectivity index is 1.64. The lowest BCUT2D eigenvalue weighted by Gasteiger charge is -2.29. The smallest absolute Gasteiger partial charge is 0.250 e. The van der Waals surface area contributed by atoms with Gasteiger partial charge >= 0.3 is 0 Å². The molecule has 0 saturated carbocycles. The molecule has 0 aliphatic carbocycles. The van der Waals surface area contributed by atoms with Gasteiger partial charge in [0.05, 0.1) is 23.2 Å². The maximum atomic E-state index is 13.9. The van der Waals surface area contributed by atoms with E-state index in [4.69, 9.17) is 17.3 Å². The molecular weight excluding hydrogens is 456 g/mol. The molecule has 1 spiro atoms. The van der Waals surface area contributed by atoms with Gasteiger partial charge in [-0.15, -0.1) is 0 Å². The Morgan fingerprint density at radius 1 is 1.12 bits per heavy atom. The number of hydrogen-bond donors (Lipinski definition) is 3. The molecule has 176 valence electrons. The minimum Gasteiger partial charge on any atom is -0.370 e. The number of nitrogens with zero attached hydrogens (tertiary/aromatic N) is 1. The number of carbonyl (C=O) groups excluding carboxylic acids is 4. The van der Waals surface area contributed by atoms with E-state index in [1.165, 1.54) is 4.90 Å². The lowest BCUT2D eigenvalue weighted by atomic mass is 9.76. The zero-order valence-corrected chi connectivity index (χ0v) is 19.6. The summed E-state index contributed by atoms with van der Waals surface area (Å²) in [4.78, 5) is 53.8. The highest BCUT2D eigenvalue weighted by Gasteiger charge is 2.70. The quantitative estimate of drug-likeness (QED) is 0.567. The summed E-state index contributed by atoms with van der Waals surface area (Å²) in [6, 6.07) is 10.1. The summed E-state index contributed by atoms with van der Waals surface area (Å²) in [6.45, 7) is 3.81. The molecule has 3 heterocycles. The number of nitrogens with two attached hydrogens (primary N) is 1. The molecule has 4 unspecified atom stereocenters. The van der Waals surface area contributed by atoms with Gasteiger partial charge in [0, 0.05) is 23.0 Å². The fraction of sp³-hybridized carbons (Fsp3) is 0.360. The van der Waals surface area contributed by atoms with E-state index in [-0.39, 0.29) is 18.7 Å². The van der Waals surface area contributed by atoms with Crippen LogP contribution in [-0.4, -0.2) is 29.7 Å². The van der Waals surface area contributed by atoms with E-state index in [0.29, 0.717) is 27.5 Å². The number of hydrogen-bond acceptors (Lipinski definition) is 5. The predicted octanol–water partition coefficient (Wildman–Crippen LogP) is 2.40. The fourth-order valence-corrected chi connectivity index (χ4v) is 5.83. The largest absolute Gasteiger partial charge is 0.370 e. The molecule has 2 saturated heterocycles. The van der Waals surface area contributed by atoms with Crippen LogP contribution in [0.1, 0.15) is 36.5 Å². The lowest BCUT2D eigenvalue weighted by molar-refractivity contribution is -0.130. The van der Waals surface area contributed by atoms with Crippen molar-refractivity contribution in [2.24, 2.45) is 17.6 Å². The van der Waals surface area contributed by atoms with Crippen molar-refractivity contribution < 1.29 is 19.2 Å². The number of amides is 4. The first-order valence-corrected chi connectivity index (χ1v) is 11.7. The monoisotopic (exact) mass is 480 g/mol. The molecule has 8 nitrogen and oxygen atoms in total. The second kappa shape index (κ2) is 7.92. The van der Waals surface area contributed by atoms with E-state index in [1.807, 2.05) is 19.1 Å². The Bertz CT molecular complexity index is 1240. The van der Waals surface area contributed by atoms with Crippen LogP contribution in [0.25, 0.3) is 0 Å². The standard InChI is InChI=1S/C25H25ClN4O4/c1-3-13-4-6-14(7-5-13)30-22(32)19-17(10-11-18(27)31)29-25(20(19)23(30)33)15-8-9-16(26)12(2)21(15)28-24(25)34/h4-9,17,19-20,29H,3,10-11H2,1-2H3,(H2,27,31)(H,28,34). The topological polar surface area (TPSA) is 122 Å². The van der Waals surface area contributed by atoms with Crippen LogP contribution in [0.4, 0.5) is 11.4 Å². The molecule has 34 heavy (non-hydrogen) atoms. The number of anilines is 2. The van der Waals surface area contributed by atoms with Crippen molar-refractivity contribution in [1.29, 1.82) is 0 Å². The van der Waals surface area contributed by atoms with E-state index in [2.05, 4.69) is 10.6 Å². The summed E-state index contributed by atoms with van der Waals surface area (Å²) in [5.41, 5.74) is 7.30. The SMILES string of the molecule is CCc1ccc(N2C(=O)C3C(CCC(N)=O)NC4(C(=O)Nc5c4ccc(Cl)c5C)C3C2=O)cc1. The van der Waals surface area contributed by atoms with E-state index in [1.54, 1.807) is 31.2 Å². The molecular formula is C25H25ClN4O4. The van der Waals surface area contributed by atoms with E-state index in [0.717, 1.165) is 12.0 Å². The van der Waals surface area contributed by atoms with Crippen molar-refractivity contribution >= 4 is 46.6 Å². The molecule has 3 aliphatic heterocycles. The van der Waals surface area contributed by atoms with E-state index in [9.17, 15) is 19.2 Å². The first kappa shape index (κ1) is 22.6. The Morgan fingerprint density at radius 2 is 1.82 bits per heavy atom. The fourth-order valence-electron chi connectivity index (χ4n) is 5.67. The average molecular weight is 481 g/mol. The van der Waals surface area contributed by atoms with Gasteiger partial charge in [-0.05, 0) is 49.1 Å². The van der Waals surface area contributed by atoms with Gasteiger partial charge in [0.1, 0.15) is 5.54 Å². The van der Waals surface area contributed by atoms with Crippen LogP contribution in [0.2, 0.25) is 5.02 Å². The van der Waals surface area contributed by atoms with Gasteiger partial charge in [0.25, 0.3) is 0 Å². The molecule has 0 radical (unpaired) electrons. The number of carbonyl (C=O) groups is 4. The second-order valence-corrected chi connectivity index (χ2v) is 9.56. The van der Waals surface area contributed by atoms with Gasteiger partial charge in [-0.2, -0.15) is 0 Å². The predicted molar refractivity (Wildman–Crippen MR) is 127 cm³/mol. The summed E-state index contributed by atoms with van der Waals surface area (Å²) in [6.07, 6.45) is 1.08.